The van der Waals surface area contributed by atoms with Crippen LogP contribution in [0.25, 0.3) is 0 Å². The standard InChI is InChI=1S/C19H39NO/c1-8-12-16(11-4)20(17(13-9-2)14-10-3)18(21)15-19(5,6)7/h16-17H,8-15H2,1-7H3. The third-order valence-corrected chi connectivity index (χ3v) is 4.09. The molecular formula is C19H39NO. The molecule has 0 bridgehead atoms. The molecule has 0 aliphatic carbocycles. The fourth-order valence-electron chi connectivity index (χ4n) is 3.21. The van der Waals surface area contributed by atoms with E-state index in [2.05, 4.69) is 53.4 Å². The molecule has 0 spiro atoms. The fourth-order valence-corrected chi connectivity index (χ4v) is 3.21. The van der Waals surface area contributed by atoms with Gasteiger partial charge in [-0.3, -0.25) is 4.79 Å². The van der Waals surface area contributed by atoms with Gasteiger partial charge in [-0.2, -0.15) is 0 Å². The Morgan fingerprint density at radius 3 is 1.62 bits per heavy atom. The minimum Gasteiger partial charge on any atom is -0.337 e. The zero-order valence-electron chi connectivity index (χ0n) is 15.7. The van der Waals surface area contributed by atoms with E-state index in [0.29, 0.717) is 24.4 Å². The van der Waals surface area contributed by atoms with E-state index in [0.717, 1.165) is 44.9 Å². The van der Waals surface area contributed by atoms with Crippen LogP contribution < -0.4 is 0 Å². The SMILES string of the molecule is CCCC(CC)N(C(=O)CC(C)(C)C)C(CCC)CCC. The number of hydrogen-bond donors (Lipinski definition) is 0. The Morgan fingerprint density at radius 2 is 1.29 bits per heavy atom. The molecule has 0 fully saturated rings. The third kappa shape index (κ3) is 7.87. The Labute approximate surface area is 133 Å². The van der Waals surface area contributed by atoms with Gasteiger partial charge < -0.3 is 4.90 Å². The predicted octanol–water partition coefficient (Wildman–Crippen LogP) is 5.80. The van der Waals surface area contributed by atoms with Crippen LogP contribution in [0.2, 0.25) is 0 Å². The molecule has 0 N–H and O–H groups in total. The average Bonchev–Trinajstić information content (AvgIpc) is 2.36. The molecule has 0 saturated heterocycles. The second-order valence-corrected chi connectivity index (χ2v) is 7.62. The lowest BCUT2D eigenvalue weighted by atomic mass is 9.89. The topological polar surface area (TPSA) is 20.3 Å². The maximum absolute atomic E-state index is 13.0. The van der Waals surface area contributed by atoms with Crippen LogP contribution in [0, 0.1) is 5.41 Å². The number of amides is 1. The summed E-state index contributed by atoms with van der Waals surface area (Å²) in [4.78, 5) is 15.2. The van der Waals surface area contributed by atoms with Crippen molar-refractivity contribution >= 4 is 5.91 Å². The summed E-state index contributed by atoms with van der Waals surface area (Å²) in [6, 6.07) is 0.860. The van der Waals surface area contributed by atoms with Gasteiger partial charge in [0.2, 0.25) is 5.91 Å². The molecule has 0 rings (SSSR count). The first kappa shape index (κ1) is 20.5. The Balaban J connectivity index is 5.25. The van der Waals surface area contributed by atoms with Gasteiger partial charge in [-0.05, 0) is 31.1 Å². The molecule has 1 amide bonds. The average molecular weight is 298 g/mol. The van der Waals surface area contributed by atoms with Gasteiger partial charge in [-0.25, -0.2) is 0 Å². The normalized spacial score (nSPS) is 13.5. The largest absolute Gasteiger partial charge is 0.337 e. The van der Waals surface area contributed by atoms with Gasteiger partial charge in [0.25, 0.3) is 0 Å². The lowest BCUT2D eigenvalue weighted by Gasteiger charge is -2.39. The summed E-state index contributed by atoms with van der Waals surface area (Å²) in [5.74, 6) is 0.370. The van der Waals surface area contributed by atoms with Gasteiger partial charge in [0.15, 0.2) is 0 Å². The van der Waals surface area contributed by atoms with Gasteiger partial charge >= 0.3 is 0 Å². The lowest BCUT2D eigenvalue weighted by Crippen LogP contribution is -2.48. The van der Waals surface area contributed by atoms with Crippen molar-refractivity contribution in [3.8, 4) is 0 Å². The molecule has 2 nitrogen and oxygen atoms in total. The van der Waals surface area contributed by atoms with Crippen LogP contribution in [0.4, 0.5) is 0 Å². The van der Waals surface area contributed by atoms with Crippen molar-refractivity contribution in [3.63, 3.8) is 0 Å². The van der Waals surface area contributed by atoms with Gasteiger partial charge in [-0.1, -0.05) is 67.7 Å². The Kier molecular flexibility index (Phi) is 9.98. The number of nitrogens with zero attached hydrogens (tertiary/aromatic N) is 1. The van der Waals surface area contributed by atoms with E-state index in [1.165, 1.54) is 0 Å². The van der Waals surface area contributed by atoms with Crippen LogP contribution in [-0.4, -0.2) is 22.9 Å². The van der Waals surface area contributed by atoms with E-state index < -0.39 is 0 Å². The van der Waals surface area contributed by atoms with Gasteiger partial charge in [-0.15, -0.1) is 0 Å². The Morgan fingerprint density at radius 1 is 0.857 bits per heavy atom. The minimum atomic E-state index is 0.0722. The molecule has 0 aliphatic heterocycles. The van der Waals surface area contributed by atoms with Crippen molar-refractivity contribution in [2.24, 2.45) is 5.41 Å². The maximum Gasteiger partial charge on any atom is 0.223 e. The van der Waals surface area contributed by atoms with Crippen molar-refractivity contribution in [3.05, 3.63) is 0 Å². The zero-order chi connectivity index (χ0) is 16.5. The van der Waals surface area contributed by atoms with Crippen LogP contribution in [0.1, 0.15) is 99.8 Å². The third-order valence-electron chi connectivity index (χ3n) is 4.09. The monoisotopic (exact) mass is 297 g/mol. The van der Waals surface area contributed by atoms with E-state index in [-0.39, 0.29) is 5.41 Å². The summed E-state index contributed by atoms with van der Waals surface area (Å²) in [6.45, 7) is 15.4. The second-order valence-electron chi connectivity index (χ2n) is 7.62. The molecule has 0 heterocycles. The van der Waals surface area contributed by atoms with Crippen LogP contribution in [-0.2, 0) is 4.79 Å². The summed E-state index contributed by atoms with van der Waals surface area (Å²) >= 11 is 0. The smallest absolute Gasteiger partial charge is 0.223 e. The van der Waals surface area contributed by atoms with Crippen molar-refractivity contribution < 1.29 is 4.79 Å². The predicted molar refractivity (Wildman–Crippen MR) is 93.5 cm³/mol. The highest BCUT2D eigenvalue weighted by molar-refractivity contribution is 5.77. The van der Waals surface area contributed by atoms with E-state index in [4.69, 9.17) is 0 Å². The van der Waals surface area contributed by atoms with E-state index in [1.807, 2.05) is 0 Å². The number of carbonyl (C=O) groups excluding carboxylic acids is 1. The molecule has 0 saturated carbocycles. The highest BCUT2D eigenvalue weighted by Crippen LogP contribution is 2.27. The molecule has 0 radical (unpaired) electrons. The summed E-state index contributed by atoms with van der Waals surface area (Å²) in [7, 11) is 0. The molecule has 21 heavy (non-hydrogen) atoms. The second kappa shape index (κ2) is 10.2. The van der Waals surface area contributed by atoms with Crippen LogP contribution in [0.5, 0.6) is 0 Å². The molecule has 126 valence electrons. The number of rotatable bonds is 10. The van der Waals surface area contributed by atoms with Crippen molar-refractivity contribution in [1.82, 2.24) is 4.90 Å². The summed E-state index contributed by atoms with van der Waals surface area (Å²) in [6.07, 6.45) is 8.64. The maximum atomic E-state index is 13.0. The zero-order valence-corrected chi connectivity index (χ0v) is 15.7. The molecule has 1 unspecified atom stereocenters. The van der Waals surface area contributed by atoms with Crippen LogP contribution in [0.15, 0.2) is 0 Å². The van der Waals surface area contributed by atoms with Crippen molar-refractivity contribution in [1.29, 1.82) is 0 Å². The fraction of sp³-hybridized carbons (Fsp3) is 0.947. The summed E-state index contributed by atoms with van der Waals surface area (Å²) in [5, 5.41) is 0. The highest BCUT2D eigenvalue weighted by atomic mass is 16.2. The molecule has 0 aromatic heterocycles. The summed E-state index contributed by atoms with van der Waals surface area (Å²) < 4.78 is 0. The Bertz CT molecular complexity index is 274. The van der Waals surface area contributed by atoms with E-state index in [9.17, 15) is 4.79 Å². The minimum absolute atomic E-state index is 0.0722. The first-order valence-corrected chi connectivity index (χ1v) is 9.11. The van der Waals surface area contributed by atoms with Crippen LogP contribution in [0.3, 0.4) is 0 Å². The van der Waals surface area contributed by atoms with Crippen LogP contribution >= 0.6 is 0 Å². The molecule has 1 atom stereocenters. The molecular weight excluding hydrogens is 258 g/mol. The molecule has 0 aliphatic rings. The first-order valence-electron chi connectivity index (χ1n) is 9.11. The van der Waals surface area contributed by atoms with Crippen molar-refractivity contribution in [2.45, 2.75) is 112 Å². The Hall–Kier alpha value is -0.530. The molecule has 2 heteroatoms. The molecule has 0 aromatic rings. The number of carbonyl (C=O) groups is 1. The van der Waals surface area contributed by atoms with E-state index >= 15 is 0 Å². The highest BCUT2D eigenvalue weighted by Gasteiger charge is 2.30. The van der Waals surface area contributed by atoms with Gasteiger partial charge in [0.1, 0.15) is 0 Å². The summed E-state index contributed by atoms with van der Waals surface area (Å²) in [5.41, 5.74) is 0.0722. The van der Waals surface area contributed by atoms with Gasteiger partial charge in [0, 0.05) is 18.5 Å². The lowest BCUT2D eigenvalue weighted by molar-refractivity contribution is -0.139. The molecule has 0 aromatic carbocycles. The van der Waals surface area contributed by atoms with Gasteiger partial charge in [0.05, 0.1) is 0 Å². The van der Waals surface area contributed by atoms with Crippen molar-refractivity contribution in [2.75, 3.05) is 0 Å². The first-order chi connectivity index (χ1) is 9.80. The quantitative estimate of drug-likeness (QED) is 0.499. The number of hydrogen-bond acceptors (Lipinski definition) is 1. The van der Waals surface area contributed by atoms with E-state index in [1.54, 1.807) is 0 Å².